The average molecular weight is 436 g/mol. The Hall–Kier alpha value is -1.93. The number of para-hydroxylation sites is 1. The molecular formula is C22H33N3O4S. The van der Waals surface area contributed by atoms with Crippen LogP contribution in [0.2, 0.25) is 0 Å². The third kappa shape index (κ3) is 5.03. The number of amides is 2. The summed E-state index contributed by atoms with van der Waals surface area (Å²) in [6, 6.07) is 7.99. The van der Waals surface area contributed by atoms with E-state index in [1.54, 1.807) is 14.0 Å². The standard InChI is InChI=1S/C22H33N3O4S/c1-3-30(28,29)24(2)15-8-14-23-21(26)18-10-5-6-11-19(18)22(27)25-16-13-17-9-4-7-12-20(17)25/h4,7,9,12,18-19H,3,5-6,8,10-11,13-16H2,1-2H3,(H,23,26). The summed E-state index contributed by atoms with van der Waals surface area (Å²) in [7, 11) is -1.64. The third-order valence-corrected chi connectivity index (χ3v) is 8.22. The second kappa shape index (κ2) is 9.92. The monoisotopic (exact) mass is 435 g/mol. The Morgan fingerprint density at radius 1 is 1.17 bits per heavy atom. The molecule has 1 heterocycles. The van der Waals surface area contributed by atoms with Crippen LogP contribution in [0.15, 0.2) is 24.3 Å². The van der Waals surface area contributed by atoms with Gasteiger partial charge in [0.1, 0.15) is 0 Å². The van der Waals surface area contributed by atoms with Crippen molar-refractivity contribution in [3.8, 4) is 0 Å². The molecule has 2 unspecified atom stereocenters. The van der Waals surface area contributed by atoms with Crippen LogP contribution in [0.25, 0.3) is 0 Å². The van der Waals surface area contributed by atoms with Crippen molar-refractivity contribution in [2.75, 3.05) is 37.3 Å². The van der Waals surface area contributed by atoms with Crippen LogP contribution in [0.1, 0.15) is 44.6 Å². The minimum Gasteiger partial charge on any atom is -0.356 e. The maximum absolute atomic E-state index is 13.3. The minimum atomic E-state index is -3.20. The minimum absolute atomic E-state index is 0.0635. The summed E-state index contributed by atoms with van der Waals surface area (Å²) < 4.78 is 24.9. The Morgan fingerprint density at radius 2 is 1.87 bits per heavy atom. The number of hydrogen-bond donors (Lipinski definition) is 1. The van der Waals surface area contributed by atoms with Gasteiger partial charge < -0.3 is 10.2 Å². The maximum atomic E-state index is 13.3. The zero-order valence-electron chi connectivity index (χ0n) is 18.0. The highest BCUT2D eigenvalue weighted by Gasteiger charge is 2.39. The Balaban J connectivity index is 1.56. The molecule has 0 aromatic heterocycles. The predicted molar refractivity (Wildman–Crippen MR) is 118 cm³/mol. The highest BCUT2D eigenvalue weighted by Crippen LogP contribution is 2.35. The van der Waals surface area contributed by atoms with Gasteiger partial charge in [-0.05, 0) is 44.2 Å². The van der Waals surface area contributed by atoms with Crippen LogP contribution in [-0.4, -0.2) is 57.0 Å². The predicted octanol–water partition coefficient (Wildman–Crippen LogP) is 2.17. The van der Waals surface area contributed by atoms with E-state index in [4.69, 9.17) is 0 Å². The first kappa shape index (κ1) is 22.7. The van der Waals surface area contributed by atoms with Gasteiger partial charge in [-0.25, -0.2) is 12.7 Å². The molecule has 1 fully saturated rings. The molecule has 2 amide bonds. The number of rotatable bonds is 8. The number of sulfonamides is 1. The quantitative estimate of drug-likeness (QED) is 0.634. The van der Waals surface area contributed by atoms with Gasteiger partial charge in [0, 0.05) is 38.3 Å². The first-order chi connectivity index (χ1) is 14.3. The van der Waals surface area contributed by atoms with Gasteiger partial charge in [0.15, 0.2) is 0 Å². The van der Waals surface area contributed by atoms with E-state index in [0.717, 1.165) is 37.8 Å². The van der Waals surface area contributed by atoms with E-state index < -0.39 is 10.0 Å². The van der Waals surface area contributed by atoms with Gasteiger partial charge in [-0.15, -0.1) is 0 Å². The van der Waals surface area contributed by atoms with Gasteiger partial charge in [0.2, 0.25) is 21.8 Å². The van der Waals surface area contributed by atoms with Crippen LogP contribution >= 0.6 is 0 Å². The Labute approximate surface area is 179 Å². The zero-order chi connectivity index (χ0) is 21.7. The van der Waals surface area contributed by atoms with Crippen LogP contribution in [0.5, 0.6) is 0 Å². The second-order valence-electron chi connectivity index (χ2n) is 8.23. The molecule has 0 spiro atoms. The van der Waals surface area contributed by atoms with Crippen molar-refractivity contribution >= 4 is 27.5 Å². The molecule has 2 atom stereocenters. The molecule has 1 N–H and O–H groups in total. The number of anilines is 1. The van der Waals surface area contributed by atoms with Crippen LogP contribution in [0.4, 0.5) is 5.69 Å². The summed E-state index contributed by atoms with van der Waals surface area (Å²) in [5.74, 6) is -0.541. The van der Waals surface area contributed by atoms with E-state index >= 15 is 0 Å². The van der Waals surface area contributed by atoms with E-state index in [2.05, 4.69) is 11.4 Å². The van der Waals surface area contributed by atoms with Gasteiger partial charge >= 0.3 is 0 Å². The fraction of sp³-hybridized carbons (Fsp3) is 0.636. The number of hydrogen-bond acceptors (Lipinski definition) is 4. The van der Waals surface area contributed by atoms with E-state index in [0.29, 0.717) is 26.1 Å². The smallest absolute Gasteiger partial charge is 0.230 e. The molecule has 30 heavy (non-hydrogen) atoms. The third-order valence-electron chi connectivity index (χ3n) is 6.36. The van der Waals surface area contributed by atoms with Gasteiger partial charge in [-0.3, -0.25) is 9.59 Å². The highest BCUT2D eigenvalue weighted by molar-refractivity contribution is 7.89. The fourth-order valence-corrected chi connectivity index (χ4v) is 5.36. The zero-order valence-corrected chi connectivity index (χ0v) is 18.8. The molecule has 1 aliphatic heterocycles. The van der Waals surface area contributed by atoms with Crippen molar-refractivity contribution in [3.05, 3.63) is 29.8 Å². The molecule has 0 bridgehead atoms. The summed E-state index contributed by atoms with van der Waals surface area (Å²) in [5, 5.41) is 2.94. The molecule has 1 aromatic rings. The van der Waals surface area contributed by atoms with Crippen LogP contribution in [-0.2, 0) is 26.0 Å². The Morgan fingerprint density at radius 3 is 2.60 bits per heavy atom. The second-order valence-corrected chi connectivity index (χ2v) is 10.6. The van der Waals surface area contributed by atoms with Crippen molar-refractivity contribution in [3.63, 3.8) is 0 Å². The summed E-state index contributed by atoms with van der Waals surface area (Å²) in [6.07, 6.45) is 4.80. The Kier molecular flexibility index (Phi) is 7.52. The lowest BCUT2D eigenvalue weighted by atomic mass is 9.77. The Bertz CT molecular complexity index is 871. The molecule has 0 saturated heterocycles. The van der Waals surface area contributed by atoms with Crippen molar-refractivity contribution in [1.29, 1.82) is 0 Å². The van der Waals surface area contributed by atoms with Gasteiger partial charge in [0.25, 0.3) is 0 Å². The molecule has 1 aromatic carbocycles. The molecule has 8 heteroatoms. The topological polar surface area (TPSA) is 86.8 Å². The maximum Gasteiger partial charge on any atom is 0.230 e. The van der Waals surface area contributed by atoms with Crippen molar-refractivity contribution in [2.24, 2.45) is 11.8 Å². The summed E-state index contributed by atoms with van der Waals surface area (Å²) >= 11 is 0. The van der Waals surface area contributed by atoms with Crippen molar-refractivity contribution < 1.29 is 18.0 Å². The molecule has 1 aliphatic carbocycles. The molecule has 1 saturated carbocycles. The average Bonchev–Trinajstić information content (AvgIpc) is 3.20. The number of nitrogens with one attached hydrogen (secondary N) is 1. The molecule has 2 aliphatic rings. The summed E-state index contributed by atoms with van der Waals surface area (Å²) in [6.45, 7) is 3.08. The number of nitrogens with zero attached hydrogens (tertiary/aromatic N) is 2. The lowest BCUT2D eigenvalue weighted by molar-refractivity contribution is -0.135. The molecular weight excluding hydrogens is 402 g/mol. The number of fused-ring (bicyclic) bond motifs is 1. The highest BCUT2D eigenvalue weighted by atomic mass is 32.2. The molecule has 0 radical (unpaired) electrons. The largest absolute Gasteiger partial charge is 0.356 e. The number of benzene rings is 1. The molecule has 166 valence electrons. The first-order valence-corrected chi connectivity index (χ1v) is 12.6. The normalized spacial score (nSPS) is 21.5. The van der Waals surface area contributed by atoms with Crippen LogP contribution < -0.4 is 10.2 Å². The lowest BCUT2D eigenvalue weighted by Gasteiger charge is -2.32. The first-order valence-electron chi connectivity index (χ1n) is 11.0. The fourth-order valence-electron chi connectivity index (χ4n) is 4.51. The van der Waals surface area contributed by atoms with Crippen LogP contribution in [0, 0.1) is 11.8 Å². The van der Waals surface area contributed by atoms with Gasteiger partial charge in [-0.2, -0.15) is 0 Å². The molecule has 7 nitrogen and oxygen atoms in total. The van der Waals surface area contributed by atoms with Crippen molar-refractivity contribution in [1.82, 2.24) is 9.62 Å². The number of carbonyl (C=O) groups is 2. The van der Waals surface area contributed by atoms with E-state index in [9.17, 15) is 18.0 Å². The van der Waals surface area contributed by atoms with E-state index in [1.165, 1.54) is 9.87 Å². The SMILES string of the molecule is CCS(=O)(=O)N(C)CCCNC(=O)C1CCCCC1C(=O)N1CCc2ccccc21. The van der Waals surface area contributed by atoms with E-state index in [1.807, 2.05) is 23.1 Å². The number of carbonyl (C=O) groups excluding carboxylic acids is 2. The van der Waals surface area contributed by atoms with E-state index in [-0.39, 0.29) is 29.4 Å². The lowest BCUT2D eigenvalue weighted by Crippen LogP contribution is -2.45. The molecule has 3 rings (SSSR count). The van der Waals surface area contributed by atoms with Gasteiger partial charge in [0.05, 0.1) is 11.7 Å². The summed E-state index contributed by atoms with van der Waals surface area (Å²) in [5.41, 5.74) is 2.17. The van der Waals surface area contributed by atoms with Gasteiger partial charge in [-0.1, -0.05) is 31.0 Å². The van der Waals surface area contributed by atoms with Crippen LogP contribution in [0.3, 0.4) is 0 Å². The summed E-state index contributed by atoms with van der Waals surface area (Å²) in [4.78, 5) is 28.0. The van der Waals surface area contributed by atoms with Crippen molar-refractivity contribution in [2.45, 2.75) is 45.4 Å².